The number of hydrogen-bond acceptors (Lipinski definition) is 10. The largest absolute Gasteiger partial charge is 0.461 e. The van der Waals surface area contributed by atoms with E-state index in [1.54, 1.807) is 12.3 Å². The normalized spacial score (nSPS) is 36.4. The first-order chi connectivity index (χ1) is 22.3. The smallest absolute Gasteiger partial charge is 0.316 e. The standard InChI is InChI=1S/C35H50N6O5S/c1-7-33(4)18-25(34(5)21(2)8-11-35(22(3)29(33)45)12-9-24(42)28(34)35)46-27(44)20-47-32-38-30-23(10-13-36-30)31(39-32)37-26(43)19-41-16-14-40(6)15-17-41/h7,10,13,21-22,25,28-29,45H,1,8-9,11-12,14-20H2,2-6H3,(H2,36,37,38,39,43)/t21-,22+,25-,28+,29+,33-,34+,35+/m1/s1. The van der Waals surface area contributed by atoms with Crippen LogP contribution in [0.3, 0.4) is 0 Å². The molecule has 3 saturated carbocycles. The Morgan fingerprint density at radius 2 is 1.96 bits per heavy atom. The highest BCUT2D eigenvalue weighted by atomic mass is 32.2. The minimum Gasteiger partial charge on any atom is -0.461 e. The van der Waals surface area contributed by atoms with Gasteiger partial charge in [-0.2, -0.15) is 0 Å². The van der Waals surface area contributed by atoms with Crippen LogP contribution in [-0.4, -0.2) is 105 Å². The summed E-state index contributed by atoms with van der Waals surface area (Å²) in [6.45, 7) is 16.3. The van der Waals surface area contributed by atoms with Gasteiger partial charge >= 0.3 is 5.97 Å². The lowest BCUT2D eigenvalue weighted by Gasteiger charge is -2.61. The van der Waals surface area contributed by atoms with Gasteiger partial charge in [-0.15, -0.1) is 6.58 Å². The van der Waals surface area contributed by atoms with Crippen LogP contribution in [0.4, 0.5) is 5.82 Å². The lowest BCUT2D eigenvalue weighted by Crippen LogP contribution is -2.63. The van der Waals surface area contributed by atoms with Gasteiger partial charge < -0.3 is 25.0 Å². The molecule has 2 bridgehead atoms. The van der Waals surface area contributed by atoms with Gasteiger partial charge in [0.1, 0.15) is 23.4 Å². The molecular formula is C35H50N6O5S. The molecule has 4 fully saturated rings. The van der Waals surface area contributed by atoms with Crippen LogP contribution >= 0.6 is 11.8 Å². The molecule has 3 N–H and O–H groups in total. The summed E-state index contributed by atoms with van der Waals surface area (Å²) in [6, 6.07) is 1.82. The monoisotopic (exact) mass is 666 g/mol. The third-order valence-electron chi connectivity index (χ3n) is 12.5. The molecule has 12 heteroatoms. The molecule has 2 aromatic heterocycles. The fourth-order valence-corrected chi connectivity index (χ4v) is 9.91. The summed E-state index contributed by atoms with van der Waals surface area (Å²) in [5.41, 5.74) is -1.04. The zero-order valence-corrected chi connectivity index (χ0v) is 29.2. The SMILES string of the molecule is C=C[C@]1(C)C[C@@H](OC(=O)CSc2nc(NC(=O)CN3CCN(C)CC3)c3cc[nH]c3n2)[C@]2(C)[C@H](C)CC[C@]3(CCC(=O)[C@H]32)[C@@H](C)[C@@H]1O. The van der Waals surface area contributed by atoms with Crippen molar-refractivity contribution in [2.75, 3.05) is 50.8 Å². The summed E-state index contributed by atoms with van der Waals surface area (Å²) < 4.78 is 6.39. The second kappa shape index (κ2) is 12.9. The van der Waals surface area contributed by atoms with E-state index in [2.05, 4.69) is 64.5 Å². The van der Waals surface area contributed by atoms with Crippen molar-refractivity contribution in [1.29, 1.82) is 0 Å². The van der Waals surface area contributed by atoms with Crippen molar-refractivity contribution in [3.63, 3.8) is 0 Å². The number of aromatic amines is 1. The van der Waals surface area contributed by atoms with E-state index in [1.165, 1.54) is 0 Å². The maximum atomic E-state index is 13.7. The van der Waals surface area contributed by atoms with Gasteiger partial charge in [-0.25, -0.2) is 9.97 Å². The molecule has 3 heterocycles. The van der Waals surface area contributed by atoms with Crippen molar-refractivity contribution in [1.82, 2.24) is 24.8 Å². The number of ether oxygens (including phenoxy) is 1. The first-order valence-corrected chi connectivity index (χ1v) is 18.0. The van der Waals surface area contributed by atoms with Gasteiger partial charge in [0.25, 0.3) is 0 Å². The average molecular weight is 667 g/mol. The Hall–Kier alpha value is -2.80. The molecule has 0 unspecified atom stereocenters. The number of hydrogen-bond donors (Lipinski definition) is 3. The fraction of sp³-hybridized carbons (Fsp3) is 0.686. The summed E-state index contributed by atoms with van der Waals surface area (Å²) >= 11 is 1.15. The molecule has 0 radical (unpaired) electrons. The second-order valence-electron chi connectivity index (χ2n) is 15.1. The van der Waals surface area contributed by atoms with Crippen LogP contribution in [0.25, 0.3) is 11.0 Å². The van der Waals surface area contributed by atoms with Crippen LogP contribution in [0.2, 0.25) is 0 Å². The van der Waals surface area contributed by atoms with E-state index in [4.69, 9.17) is 4.74 Å². The van der Waals surface area contributed by atoms with Crippen LogP contribution in [0.15, 0.2) is 30.1 Å². The number of thioether (sulfide) groups is 1. The Morgan fingerprint density at radius 3 is 2.68 bits per heavy atom. The number of fused-ring (bicyclic) bond motifs is 1. The van der Waals surface area contributed by atoms with Gasteiger partial charge in [0.05, 0.1) is 23.8 Å². The third kappa shape index (κ3) is 6.04. The van der Waals surface area contributed by atoms with E-state index < -0.39 is 29.0 Å². The molecule has 1 saturated heterocycles. The fourth-order valence-electron chi connectivity index (χ4n) is 9.28. The zero-order chi connectivity index (χ0) is 33.7. The molecule has 11 nitrogen and oxygen atoms in total. The van der Waals surface area contributed by atoms with Crippen LogP contribution in [0.1, 0.15) is 59.8 Å². The van der Waals surface area contributed by atoms with Crippen molar-refractivity contribution in [2.45, 2.75) is 77.2 Å². The number of esters is 1. The molecule has 1 amide bonds. The molecule has 1 aliphatic heterocycles. The first-order valence-electron chi connectivity index (χ1n) is 17.0. The molecule has 6 rings (SSSR count). The Labute approximate surface area is 281 Å². The van der Waals surface area contributed by atoms with E-state index in [-0.39, 0.29) is 47.2 Å². The van der Waals surface area contributed by atoms with E-state index in [1.807, 2.05) is 13.0 Å². The van der Waals surface area contributed by atoms with E-state index >= 15 is 0 Å². The number of H-pyrrole nitrogens is 1. The van der Waals surface area contributed by atoms with Crippen LogP contribution in [0.5, 0.6) is 0 Å². The molecular weight excluding hydrogens is 616 g/mol. The van der Waals surface area contributed by atoms with Crippen LogP contribution in [0, 0.1) is 34.0 Å². The van der Waals surface area contributed by atoms with Gasteiger partial charge in [0.15, 0.2) is 5.16 Å². The van der Waals surface area contributed by atoms with Gasteiger partial charge in [-0.05, 0) is 56.0 Å². The van der Waals surface area contributed by atoms with E-state index in [9.17, 15) is 19.5 Å². The number of anilines is 1. The number of aliphatic hydroxyl groups excluding tert-OH is 1. The van der Waals surface area contributed by atoms with Crippen molar-refractivity contribution in [3.8, 4) is 0 Å². The summed E-state index contributed by atoms with van der Waals surface area (Å²) in [4.78, 5) is 57.0. The number of ketones is 1. The Kier molecular flexibility index (Phi) is 9.36. The highest BCUT2D eigenvalue weighted by Crippen LogP contribution is 2.68. The van der Waals surface area contributed by atoms with Crippen molar-refractivity contribution in [3.05, 3.63) is 24.9 Å². The number of nitrogens with zero attached hydrogens (tertiary/aromatic N) is 4. The van der Waals surface area contributed by atoms with Crippen molar-refractivity contribution >= 4 is 46.3 Å². The molecule has 3 aliphatic carbocycles. The number of aliphatic hydroxyl groups is 1. The highest BCUT2D eigenvalue weighted by Gasteiger charge is 2.68. The Balaban J connectivity index is 1.20. The third-order valence-corrected chi connectivity index (χ3v) is 13.3. The lowest BCUT2D eigenvalue weighted by molar-refractivity contribution is -0.205. The molecule has 4 aliphatic rings. The lowest BCUT2D eigenvalue weighted by atomic mass is 9.44. The second-order valence-corrected chi connectivity index (χ2v) is 16.0. The Morgan fingerprint density at radius 1 is 1.21 bits per heavy atom. The maximum Gasteiger partial charge on any atom is 0.316 e. The topological polar surface area (TPSA) is 141 Å². The number of nitrogens with one attached hydrogen (secondary N) is 2. The van der Waals surface area contributed by atoms with Crippen LogP contribution < -0.4 is 5.32 Å². The Bertz CT molecular complexity index is 1540. The van der Waals surface area contributed by atoms with Crippen LogP contribution in [-0.2, 0) is 19.1 Å². The molecule has 8 atom stereocenters. The zero-order valence-electron chi connectivity index (χ0n) is 28.4. The molecule has 0 aromatic carbocycles. The highest BCUT2D eigenvalue weighted by molar-refractivity contribution is 7.99. The molecule has 256 valence electrons. The summed E-state index contributed by atoms with van der Waals surface area (Å²) in [7, 11) is 2.08. The van der Waals surface area contributed by atoms with Gasteiger partial charge in [-0.3, -0.25) is 19.3 Å². The first kappa shape index (κ1) is 34.1. The number of carbonyl (C=O) groups excluding carboxylic acids is 3. The van der Waals surface area contributed by atoms with Gasteiger partial charge in [-0.1, -0.05) is 45.5 Å². The van der Waals surface area contributed by atoms with E-state index in [0.29, 0.717) is 34.8 Å². The minimum atomic E-state index is -0.715. The number of aromatic nitrogens is 3. The molecule has 47 heavy (non-hydrogen) atoms. The minimum absolute atomic E-state index is 0.0463. The van der Waals surface area contributed by atoms with Crippen molar-refractivity contribution in [2.24, 2.45) is 34.0 Å². The molecule has 0 spiro atoms. The number of carbonyl (C=O) groups is 3. The van der Waals surface area contributed by atoms with E-state index in [0.717, 1.165) is 57.2 Å². The number of likely N-dealkylation sites (N-methyl/N-ethyl adjacent to an activating group) is 1. The number of rotatable bonds is 8. The quantitative estimate of drug-likeness (QED) is 0.163. The average Bonchev–Trinajstić information content (AvgIpc) is 3.67. The predicted octanol–water partition coefficient (Wildman–Crippen LogP) is 4.14. The predicted molar refractivity (Wildman–Crippen MR) is 182 cm³/mol. The number of amides is 1. The number of Topliss-reactive ketones (excluding diaryl/α,β-unsaturated/α-hetero) is 1. The summed E-state index contributed by atoms with van der Waals surface area (Å²) in [5, 5.41) is 15.8. The number of piperazine rings is 1. The summed E-state index contributed by atoms with van der Waals surface area (Å²) in [5.74, 6) is -0.210. The van der Waals surface area contributed by atoms with Gasteiger partial charge in [0.2, 0.25) is 5.91 Å². The summed E-state index contributed by atoms with van der Waals surface area (Å²) in [6.07, 6.45) is 5.69. The maximum absolute atomic E-state index is 13.7. The van der Waals surface area contributed by atoms with Gasteiger partial charge in [0, 0.05) is 55.5 Å². The molecule has 2 aromatic rings. The van der Waals surface area contributed by atoms with Crippen molar-refractivity contribution < 1.29 is 24.2 Å².